The molecule has 156 valence electrons. The van der Waals surface area contributed by atoms with E-state index in [1.807, 2.05) is 0 Å². The van der Waals surface area contributed by atoms with E-state index in [1.54, 1.807) is 61.5 Å². The quantitative estimate of drug-likeness (QED) is 0.516. The summed E-state index contributed by atoms with van der Waals surface area (Å²) in [5.74, 6) is -2.18. The highest BCUT2D eigenvalue weighted by atomic mass is 16.5. The van der Waals surface area contributed by atoms with Crippen LogP contribution in [0, 0.1) is 5.92 Å². The Morgan fingerprint density at radius 2 is 1.70 bits per heavy atom. The lowest BCUT2D eigenvalue weighted by Crippen LogP contribution is -2.30. The van der Waals surface area contributed by atoms with Crippen LogP contribution in [0.3, 0.4) is 0 Å². The molecule has 0 saturated carbocycles. The molecule has 3 rings (SSSR count). The summed E-state index contributed by atoms with van der Waals surface area (Å²) in [7, 11) is 0. The highest BCUT2D eigenvalue weighted by molar-refractivity contribution is 6.02. The SMILES string of the molecule is CCOC(=O)c1ccc(N2C[C@@H](C(=O)O[C@H](C)C(=O)c3ccccc3)CC2=O)cc1. The van der Waals surface area contributed by atoms with E-state index in [1.165, 1.54) is 11.8 Å². The zero-order valence-corrected chi connectivity index (χ0v) is 16.9. The first kappa shape index (κ1) is 21.2. The minimum Gasteiger partial charge on any atom is -0.462 e. The Balaban J connectivity index is 1.61. The number of esters is 2. The van der Waals surface area contributed by atoms with E-state index in [2.05, 4.69) is 0 Å². The number of nitrogens with zero attached hydrogens (tertiary/aromatic N) is 1. The first-order valence-corrected chi connectivity index (χ1v) is 9.78. The van der Waals surface area contributed by atoms with Gasteiger partial charge in [0.1, 0.15) is 0 Å². The lowest BCUT2D eigenvalue weighted by atomic mass is 10.1. The summed E-state index contributed by atoms with van der Waals surface area (Å²) in [4.78, 5) is 50.5. The summed E-state index contributed by atoms with van der Waals surface area (Å²) >= 11 is 0. The Hall–Kier alpha value is -3.48. The Morgan fingerprint density at radius 1 is 1.03 bits per heavy atom. The minimum atomic E-state index is -0.937. The van der Waals surface area contributed by atoms with Crippen LogP contribution in [-0.4, -0.2) is 42.9 Å². The molecule has 0 aromatic heterocycles. The van der Waals surface area contributed by atoms with Crippen LogP contribution >= 0.6 is 0 Å². The molecule has 0 radical (unpaired) electrons. The average Bonchev–Trinajstić information content (AvgIpc) is 3.16. The van der Waals surface area contributed by atoms with E-state index in [4.69, 9.17) is 9.47 Å². The molecule has 7 heteroatoms. The molecule has 0 spiro atoms. The molecule has 2 aromatic rings. The summed E-state index contributed by atoms with van der Waals surface area (Å²) in [6.45, 7) is 3.68. The fraction of sp³-hybridized carbons (Fsp3) is 0.304. The number of carbonyl (C=O) groups excluding carboxylic acids is 4. The number of hydrogen-bond acceptors (Lipinski definition) is 6. The molecule has 0 N–H and O–H groups in total. The van der Waals surface area contributed by atoms with Crippen LogP contribution in [0.15, 0.2) is 54.6 Å². The van der Waals surface area contributed by atoms with Crippen molar-refractivity contribution < 1.29 is 28.7 Å². The van der Waals surface area contributed by atoms with Gasteiger partial charge < -0.3 is 14.4 Å². The molecule has 2 aromatic carbocycles. The molecule has 0 bridgehead atoms. The van der Waals surface area contributed by atoms with Gasteiger partial charge in [-0.25, -0.2) is 4.79 Å². The number of ketones is 1. The van der Waals surface area contributed by atoms with Crippen molar-refractivity contribution in [3.63, 3.8) is 0 Å². The van der Waals surface area contributed by atoms with Gasteiger partial charge in [0, 0.05) is 24.2 Å². The summed E-state index contributed by atoms with van der Waals surface area (Å²) < 4.78 is 10.3. The number of carbonyl (C=O) groups is 4. The number of ether oxygens (including phenoxy) is 2. The molecule has 1 amide bonds. The zero-order chi connectivity index (χ0) is 21.7. The maximum absolute atomic E-state index is 12.5. The summed E-state index contributed by atoms with van der Waals surface area (Å²) in [6.07, 6.45) is -0.932. The van der Waals surface area contributed by atoms with Crippen LogP contribution in [0.1, 0.15) is 41.0 Å². The molecule has 1 fully saturated rings. The first-order chi connectivity index (χ1) is 14.4. The molecule has 0 aliphatic carbocycles. The standard InChI is InChI=1S/C23H23NO6/c1-3-29-22(27)17-9-11-19(12-10-17)24-14-18(13-20(24)25)23(28)30-15(2)21(26)16-7-5-4-6-8-16/h4-12,15,18H,3,13-14H2,1-2H3/t15-,18+/m1/s1. The molecule has 1 heterocycles. The summed E-state index contributed by atoms with van der Waals surface area (Å²) in [5.41, 5.74) is 1.43. The van der Waals surface area contributed by atoms with Gasteiger partial charge in [-0.05, 0) is 38.1 Å². The average molecular weight is 409 g/mol. The molecule has 1 saturated heterocycles. The van der Waals surface area contributed by atoms with Crippen molar-refractivity contribution in [2.75, 3.05) is 18.1 Å². The molecule has 1 aliphatic heterocycles. The second kappa shape index (κ2) is 9.35. The second-order valence-electron chi connectivity index (χ2n) is 6.98. The number of amides is 1. The summed E-state index contributed by atoms with van der Waals surface area (Å²) in [5, 5.41) is 0. The third-order valence-corrected chi connectivity index (χ3v) is 4.87. The Labute approximate surface area is 174 Å². The van der Waals surface area contributed by atoms with Gasteiger partial charge in [0.15, 0.2) is 6.10 Å². The van der Waals surface area contributed by atoms with Crippen molar-refractivity contribution in [1.82, 2.24) is 0 Å². The van der Waals surface area contributed by atoms with Gasteiger partial charge >= 0.3 is 11.9 Å². The molecular weight excluding hydrogens is 386 g/mol. The fourth-order valence-electron chi connectivity index (χ4n) is 3.27. The van der Waals surface area contributed by atoms with Gasteiger partial charge in [0.25, 0.3) is 0 Å². The molecule has 30 heavy (non-hydrogen) atoms. The predicted octanol–water partition coefficient (Wildman–Crippen LogP) is 3.03. The summed E-state index contributed by atoms with van der Waals surface area (Å²) in [6, 6.07) is 15.0. The third-order valence-electron chi connectivity index (χ3n) is 4.87. The highest BCUT2D eigenvalue weighted by Gasteiger charge is 2.37. The molecule has 7 nitrogen and oxygen atoms in total. The smallest absolute Gasteiger partial charge is 0.338 e. The van der Waals surface area contributed by atoms with E-state index < -0.39 is 24.0 Å². The fourth-order valence-corrected chi connectivity index (χ4v) is 3.27. The largest absolute Gasteiger partial charge is 0.462 e. The number of benzene rings is 2. The topological polar surface area (TPSA) is 90.0 Å². The van der Waals surface area contributed by atoms with Gasteiger partial charge in [-0.15, -0.1) is 0 Å². The van der Waals surface area contributed by atoms with Crippen LogP contribution in [-0.2, 0) is 19.1 Å². The van der Waals surface area contributed by atoms with Crippen LogP contribution in [0.2, 0.25) is 0 Å². The molecule has 2 atom stereocenters. The lowest BCUT2D eigenvalue weighted by Gasteiger charge is -2.18. The van der Waals surface area contributed by atoms with Crippen molar-refractivity contribution in [2.45, 2.75) is 26.4 Å². The van der Waals surface area contributed by atoms with Crippen molar-refractivity contribution in [3.8, 4) is 0 Å². The molecule has 1 aliphatic rings. The minimum absolute atomic E-state index is 0.00467. The van der Waals surface area contributed by atoms with E-state index >= 15 is 0 Å². The zero-order valence-electron chi connectivity index (χ0n) is 16.9. The van der Waals surface area contributed by atoms with Crippen LogP contribution in [0.25, 0.3) is 0 Å². The number of anilines is 1. The lowest BCUT2D eigenvalue weighted by molar-refractivity contribution is -0.151. The maximum Gasteiger partial charge on any atom is 0.338 e. The molecular formula is C23H23NO6. The van der Waals surface area contributed by atoms with E-state index in [0.717, 1.165) is 0 Å². The number of Topliss-reactive ketones (excluding diaryl/α,β-unsaturated/α-hetero) is 1. The van der Waals surface area contributed by atoms with Gasteiger partial charge in [-0.3, -0.25) is 14.4 Å². The van der Waals surface area contributed by atoms with Crippen LogP contribution in [0.4, 0.5) is 5.69 Å². The normalized spacial score (nSPS) is 16.8. The monoisotopic (exact) mass is 409 g/mol. The maximum atomic E-state index is 12.5. The van der Waals surface area contributed by atoms with Crippen molar-refractivity contribution in [2.24, 2.45) is 5.92 Å². The van der Waals surface area contributed by atoms with Crippen molar-refractivity contribution >= 4 is 29.3 Å². The molecule has 0 unspecified atom stereocenters. The Kier molecular flexibility index (Phi) is 6.61. The van der Waals surface area contributed by atoms with Gasteiger partial charge in [0.05, 0.1) is 18.1 Å². The predicted molar refractivity (Wildman–Crippen MR) is 109 cm³/mol. The van der Waals surface area contributed by atoms with E-state index in [9.17, 15) is 19.2 Å². The van der Waals surface area contributed by atoms with Crippen molar-refractivity contribution in [3.05, 3.63) is 65.7 Å². The number of hydrogen-bond donors (Lipinski definition) is 0. The second-order valence-corrected chi connectivity index (χ2v) is 6.98. The van der Waals surface area contributed by atoms with Crippen molar-refractivity contribution in [1.29, 1.82) is 0 Å². The first-order valence-electron chi connectivity index (χ1n) is 9.78. The van der Waals surface area contributed by atoms with Crippen LogP contribution < -0.4 is 4.90 Å². The van der Waals surface area contributed by atoms with E-state index in [-0.39, 0.29) is 31.3 Å². The van der Waals surface area contributed by atoms with Gasteiger partial charge in [-0.2, -0.15) is 0 Å². The van der Waals surface area contributed by atoms with Crippen LogP contribution in [0.5, 0.6) is 0 Å². The Bertz CT molecular complexity index is 938. The Morgan fingerprint density at radius 3 is 2.33 bits per heavy atom. The third kappa shape index (κ3) is 4.74. The highest BCUT2D eigenvalue weighted by Crippen LogP contribution is 2.27. The van der Waals surface area contributed by atoms with Gasteiger partial charge in [0.2, 0.25) is 11.7 Å². The number of rotatable bonds is 7. The van der Waals surface area contributed by atoms with Gasteiger partial charge in [-0.1, -0.05) is 30.3 Å². The van der Waals surface area contributed by atoms with E-state index in [0.29, 0.717) is 16.8 Å².